The lowest BCUT2D eigenvalue weighted by molar-refractivity contribution is 0.251. The molecule has 0 bridgehead atoms. The molecule has 1 saturated heterocycles. The molecule has 3 N–H and O–H groups in total. The molecule has 0 aromatic heterocycles. The molecule has 0 saturated carbocycles. The summed E-state index contributed by atoms with van der Waals surface area (Å²) < 4.78 is 5.25. The van der Waals surface area contributed by atoms with Gasteiger partial charge in [0.1, 0.15) is 5.75 Å². The van der Waals surface area contributed by atoms with Gasteiger partial charge < -0.3 is 15.8 Å². The maximum atomic E-state index is 5.93. The van der Waals surface area contributed by atoms with Gasteiger partial charge in [0.15, 0.2) is 5.96 Å². The molecule has 5 heteroatoms. The number of aliphatic imine (C=N–C) groups is 1. The summed E-state index contributed by atoms with van der Waals surface area (Å²) in [6, 6.07) is 8.58. The quantitative estimate of drug-likeness (QED) is 0.598. The minimum Gasteiger partial charge on any atom is -0.497 e. The highest BCUT2D eigenvalue weighted by molar-refractivity contribution is 5.77. The van der Waals surface area contributed by atoms with Crippen LogP contribution in [0.5, 0.6) is 5.75 Å². The maximum Gasteiger partial charge on any atom is 0.188 e. The average Bonchev–Trinajstić information content (AvgIpc) is 3.08. The van der Waals surface area contributed by atoms with Gasteiger partial charge in [-0.1, -0.05) is 19.1 Å². The van der Waals surface area contributed by atoms with Crippen LogP contribution in [0.4, 0.5) is 0 Å². The molecule has 1 fully saturated rings. The number of rotatable bonds is 7. The van der Waals surface area contributed by atoms with Crippen LogP contribution in [0, 0.1) is 0 Å². The number of nitrogens with one attached hydrogen (secondary N) is 1. The summed E-state index contributed by atoms with van der Waals surface area (Å²) in [5.74, 6) is 1.43. The lowest BCUT2D eigenvalue weighted by Crippen LogP contribution is -2.34. The van der Waals surface area contributed by atoms with Gasteiger partial charge in [-0.2, -0.15) is 0 Å². The average molecular weight is 304 g/mol. The zero-order valence-electron chi connectivity index (χ0n) is 13.7. The van der Waals surface area contributed by atoms with Crippen molar-refractivity contribution >= 4 is 5.96 Å². The summed E-state index contributed by atoms with van der Waals surface area (Å²) in [7, 11) is 1.69. The fraction of sp³-hybridized carbons (Fsp3) is 0.588. The van der Waals surface area contributed by atoms with Gasteiger partial charge in [0.05, 0.1) is 19.7 Å². The zero-order valence-corrected chi connectivity index (χ0v) is 13.7. The summed E-state index contributed by atoms with van der Waals surface area (Å²) in [4.78, 5) is 7.03. The number of methoxy groups -OCH3 is 1. The highest BCUT2D eigenvalue weighted by Crippen LogP contribution is 2.26. The summed E-state index contributed by atoms with van der Waals surface area (Å²) >= 11 is 0. The first-order chi connectivity index (χ1) is 10.7. The predicted molar refractivity (Wildman–Crippen MR) is 91.3 cm³/mol. The molecule has 1 aromatic carbocycles. The molecule has 0 aliphatic carbocycles. The van der Waals surface area contributed by atoms with E-state index >= 15 is 0 Å². The molecule has 0 radical (unpaired) electrons. The van der Waals surface area contributed by atoms with Gasteiger partial charge in [-0.3, -0.25) is 9.89 Å². The topological polar surface area (TPSA) is 62.9 Å². The first-order valence-electron chi connectivity index (χ1n) is 8.16. The monoisotopic (exact) mass is 304 g/mol. The molecule has 1 unspecified atom stereocenters. The Labute approximate surface area is 133 Å². The van der Waals surface area contributed by atoms with Crippen molar-refractivity contribution < 1.29 is 4.74 Å². The van der Waals surface area contributed by atoms with E-state index in [0.29, 0.717) is 12.5 Å². The minimum absolute atomic E-state index is 0.287. The van der Waals surface area contributed by atoms with Gasteiger partial charge in [0.25, 0.3) is 0 Å². The summed E-state index contributed by atoms with van der Waals surface area (Å²) in [5, 5.41) is 3.14. The smallest absolute Gasteiger partial charge is 0.188 e. The van der Waals surface area contributed by atoms with Crippen LogP contribution in [-0.4, -0.2) is 44.1 Å². The molecule has 1 aliphatic rings. The Morgan fingerprint density at radius 3 is 2.59 bits per heavy atom. The summed E-state index contributed by atoms with van der Waals surface area (Å²) in [5.41, 5.74) is 7.20. The number of hydrogen-bond donors (Lipinski definition) is 2. The molecule has 0 spiro atoms. The number of guanidine groups is 1. The van der Waals surface area contributed by atoms with E-state index in [1.807, 2.05) is 12.1 Å². The molecule has 5 nitrogen and oxygen atoms in total. The van der Waals surface area contributed by atoms with Crippen LogP contribution in [0.1, 0.15) is 37.8 Å². The fourth-order valence-electron chi connectivity index (χ4n) is 2.80. The molecule has 2 rings (SSSR count). The predicted octanol–water partition coefficient (Wildman–Crippen LogP) is 2.15. The number of nitrogens with zero attached hydrogens (tertiary/aromatic N) is 2. The van der Waals surface area contributed by atoms with Crippen LogP contribution in [0.2, 0.25) is 0 Å². The number of ether oxygens (including phenoxy) is 1. The van der Waals surface area contributed by atoms with Crippen molar-refractivity contribution in [3.05, 3.63) is 29.8 Å². The van der Waals surface area contributed by atoms with Gasteiger partial charge in [0.2, 0.25) is 0 Å². The van der Waals surface area contributed by atoms with E-state index in [4.69, 9.17) is 10.5 Å². The maximum absolute atomic E-state index is 5.93. The largest absolute Gasteiger partial charge is 0.497 e. The molecular formula is C17H28N4O. The van der Waals surface area contributed by atoms with Crippen LogP contribution in [0.25, 0.3) is 0 Å². The molecule has 0 amide bonds. The third-order valence-electron chi connectivity index (χ3n) is 4.07. The van der Waals surface area contributed by atoms with Gasteiger partial charge in [-0.25, -0.2) is 0 Å². The van der Waals surface area contributed by atoms with Crippen molar-refractivity contribution in [3.8, 4) is 5.75 Å². The van der Waals surface area contributed by atoms with Crippen LogP contribution in [0.3, 0.4) is 0 Å². The zero-order chi connectivity index (χ0) is 15.8. The lowest BCUT2D eigenvalue weighted by atomic mass is 10.1. The van der Waals surface area contributed by atoms with Crippen molar-refractivity contribution in [1.82, 2.24) is 10.2 Å². The Bertz CT molecular complexity index is 466. The van der Waals surface area contributed by atoms with E-state index in [2.05, 4.69) is 34.3 Å². The number of benzene rings is 1. The Balaban J connectivity index is 2.08. The second-order valence-electron chi connectivity index (χ2n) is 5.68. The van der Waals surface area contributed by atoms with E-state index in [1.165, 1.54) is 18.4 Å². The lowest BCUT2D eigenvalue weighted by Gasteiger charge is -2.26. The van der Waals surface area contributed by atoms with Crippen molar-refractivity contribution in [2.45, 2.75) is 32.2 Å². The molecule has 1 aliphatic heterocycles. The molecule has 1 atom stereocenters. The Hall–Kier alpha value is -1.75. The first-order valence-corrected chi connectivity index (χ1v) is 8.16. The number of likely N-dealkylation sites (tertiary alicyclic amines) is 1. The molecule has 22 heavy (non-hydrogen) atoms. The van der Waals surface area contributed by atoms with E-state index in [9.17, 15) is 0 Å². The molecule has 1 heterocycles. The molecule has 1 aromatic rings. The highest BCUT2D eigenvalue weighted by Gasteiger charge is 2.23. The van der Waals surface area contributed by atoms with Crippen molar-refractivity contribution in [3.63, 3.8) is 0 Å². The Morgan fingerprint density at radius 1 is 1.32 bits per heavy atom. The SMILES string of the molecule is CCCNC(N)=NCC(c1ccc(OC)cc1)N1CCCC1. The molecule has 122 valence electrons. The van der Waals surface area contributed by atoms with E-state index in [-0.39, 0.29) is 6.04 Å². The van der Waals surface area contributed by atoms with Crippen molar-refractivity contribution in [2.24, 2.45) is 10.7 Å². The van der Waals surface area contributed by atoms with Crippen molar-refractivity contribution in [2.75, 3.05) is 33.3 Å². The van der Waals surface area contributed by atoms with E-state index in [1.54, 1.807) is 7.11 Å². The van der Waals surface area contributed by atoms with Gasteiger partial charge in [-0.15, -0.1) is 0 Å². The normalized spacial score (nSPS) is 17.5. The van der Waals surface area contributed by atoms with E-state index in [0.717, 1.165) is 31.8 Å². The third kappa shape index (κ3) is 4.63. The van der Waals surface area contributed by atoms with Gasteiger partial charge >= 0.3 is 0 Å². The van der Waals surface area contributed by atoms with E-state index < -0.39 is 0 Å². The fourth-order valence-corrected chi connectivity index (χ4v) is 2.80. The van der Waals surface area contributed by atoms with Crippen LogP contribution >= 0.6 is 0 Å². The second-order valence-corrected chi connectivity index (χ2v) is 5.68. The first kappa shape index (κ1) is 16.6. The van der Waals surface area contributed by atoms with Crippen LogP contribution in [0.15, 0.2) is 29.3 Å². The third-order valence-corrected chi connectivity index (χ3v) is 4.07. The van der Waals surface area contributed by atoms with Crippen LogP contribution < -0.4 is 15.8 Å². The Morgan fingerprint density at radius 2 is 2.00 bits per heavy atom. The Kier molecular flexibility index (Phi) is 6.52. The van der Waals surface area contributed by atoms with Crippen molar-refractivity contribution in [1.29, 1.82) is 0 Å². The summed E-state index contributed by atoms with van der Waals surface area (Å²) in [6.45, 7) is 5.94. The van der Waals surface area contributed by atoms with Gasteiger partial charge in [-0.05, 0) is 50.0 Å². The second kappa shape index (κ2) is 8.63. The highest BCUT2D eigenvalue weighted by atomic mass is 16.5. The standard InChI is InChI=1S/C17H28N4O/c1-3-10-19-17(18)20-13-16(21-11-4-5-12-21)14-6-8-15(22-2)9-7-14/h6-9,16H,3-5,10-13H2,1-2H3,(H3,18,19,20). The summed E-state index contributed by atoms with van der Waals surface area (Å²) in [6.07, 6.45) is 3.57. The number of nitrogens with two attached hydrogens (primary N) is 1. The minimum atomic E-state index is 0.287. The molecular weight excluding hydrogens is 276 g/mol. The number of hydrogen-bond acceptors (Lipinski definition) is 3. The van der Waals surface area contributed by atoms with Crippen LogP contribution in [-0.2, 0) is 0 Å². The van der Waals surface area contributed by atoms with Gasteiger partial charge in [0, 0.05) is 6.54 Å².